The Morgan fingerprint density at radius 1 is 1.06 bits per heavy atom. The van der Waals surface area contributed by atoms with Crippen LogP contribution in [0.3, 0.4) is 0 Å². The van der Waals surface area contributed by atoms with Crippen LogP contribution in [0.5, 0.6) is 17.2 Å². The number of carbonyl (C=O) groups excluding carboxylic acids is 2. The van der Waals surface area contributed by atoms with Crippen LogP contribution in [0.25, 0.3) is 0 Å². The van der Waals surface area contributed by atoms with Crippen molar-refractivity contribution in [3.63, 3.8) is 0 Å². The van der Waals surface area contributed by atoms with E-state index in [1.165, 1.54) is 7.11 Å². The molecule has 184 valence electrons. The summed E-state index contributed by atoms with van der Waals surface area (Å²) in [6, 6.07) is 11.3. The first kappa shape index (κ1) is 25.4. The van der Waals surface area contributed by atoms with Crippen LogP contribution in [-0.2, 0) is 14.6 Å². The van der Waals surface area contributed by atoms with Gasteiger partial charge in [-0.1, -0.05) is 6.92 Å². The zero-order valence-corrected chi connectivity index (χ0v) is 20.4. The van der Waals surface area contributed by atoms with Gasteiger partial charge in [0, 0.05) is 23.8 Å². The normalized spacial score (nSPS) is 16.5. The Labute approximate surface area is 199 Å². The van der Waals surface area contributed by atoms with Crippen LogP contribution < -0.4 is 19.5 Å². The van der Waals surface area contributed by atoms with Crippen molar-refractivity contribution in [2.24, 2.45) is 0 Å². The number of carbonyl (C=O) groups is 2. The van der Waals surface area contributed by atoms with Crippen LogP contribution in [0, 0.1) is 0 Å². The second kappa shape index (κ2) is 11.2. The van der Waals surface area contributed by atoms with Crippen molar-refractivity contribution >= 4 is 27.3 Å². The van der Waals surface area contributed by atoms with Crippen LogP contribution in [0.4, 0.5) is 5.69 Å². The first-order chi connectivity index (χ1) is 16.3. The second-order valence-corrected chi connectivity index (χ2v) is 10.2. The number of ether oxygens (including phenoxy) is 3. The molecule has 1 fully saturated rings. The molecule has 0 bridgehead atoms. The van der Waals surface area contributed by atoms with E-state index in [1.54, 1.807) is 54.5 Å². The largest absolute Gasteiger partial charge is 0.497 e. The third-order valence-corrected chi connectivity index (χ3v) is 7.27. The van der Waals surface area contributed by atoms with Crippen molar-refractivity contribution in [2.75, 3.05) is 44.2 Å². The molecule has 1 heterocycles. The van der Waals surface area contributed by atoms with E-state index in [4.69, 9.17) is 14.2 Å². The van der Waals surface area contributed by atoms with Gasteiger partial charge in [-0.25, -0.2) is 8.42 Å². The summed E-state index contributed by atoms with van der Waals surface area (Å²) in [5.74, 6) is 0.768. The Bertz CT molecular complexity index is 1120. The molecule has 1 saturated heterocycles. The smallest absolute Gasteiger partial charge is 0.262 e. The Kier molecular flexibility index (Phi) is 8.38. The minimum absolute atomic E-state index is 0.0135. The number of nitrogens with zero attached hydrogens (tertiary/aromatic N) is 1. The van der Waals surface area contributed by atoms with Crippen LogP contribution in [0.15, 0.2) is 42.5 Å². The molecular formula is C24H30N2O7S. The molecule has 2 amide bonds. The van der Waals surface area contributed by atoms with E-state index >= 15 is 0 Å². The van der Waals surface area contributed by atoms with Gasteiger partial charge in [-0.3, -0.25) is 9.59 Å². The molecule has 0 aliphatic carbocycles. The summed E-state index contributed by atoms with van der Waals surface area (Å²) in [5.41, 5.74) is 0.969. The fraction of sp³-hybridized carbons (Fsp3) is 0.417. The highest BCUT2D eigenvalue weighted by Gasteiger charge is 2.34. The van der Waals surface area contributed by atoms with Crippen molar-refractivity contribution in [3.05, 3.63) is 48.0 Å². The standard InChI is InChI=1S/C24H30N2O7S/c1-4-12-26(19-11-13-34(29,30)16-19)24(28)17-5-10-21(22(14-17)32-3)33-15-23(27)25-18-6-8-20(31-2)9-7-18/h5-10,14,19H,4,11-13,15-16H2,1-3H3,(H,25,27). The van der Waals surface area contributed by atoms with Gasteiger partial charge in [0.05, 0.1) is 25.7 Å². The van der Waals surface area contributed by atoms with Gasteiger partial charge in [0.25, 0.3) is 11.8 Å². The highest BCUT2D eigenvalue weighted by molar-refractivity contribution is 7.91. The summed E-state index contributed by atoms with van der Waals surface area (Å²) in [6.45, 7) is 2.15. The summed E-state index contributed by atoms with van der Waals surface area (Å²) in [6.07, 6.45) is 1.15. The topological polar surface area (TPSA) is 111 Å². The molecule has 1 aliphatic rings. The Hall–Kier alpha value is -3.27. The molecule has 2 aromatic carbocycles. The van der Waals surface area contributed by atoms with Gasteiger partial charge in [-0.05, 0) is 55.3 Å². The lowest BCUT2D eigenvalue weighted by atomic mass is 10.1. The number of anilines is 1. The number of rotatable bonds is 10. The first-order valence-corrected chi connectivity index (χ1v) is 12.8. The van der Waals surface area contributed by atoms with Crippen LogP contribution in [0.2, 0.25) is 0 Å². The van der Waals surface area contributed by atoms with E-state index in [0.29, 0.717) is 47.9 Å². The average Bonchev–Trinajstić information content (AvgIpc) is 3.20. The van der Waals surface area contributed by atoms with Gasteiger partial charge >= 0.3 is 0 Å². The molecular weight excluding hydrogens is 460 g/mol. The molecule has 0 saturated carbocycles. The van der Waals surface area contributed by atoms with E-state index in [0.717, 1.165) is 0 Å². The maximum atomic E-state index is 13.2. The molecule has 10 heteroatoms. The van der Waals surface area contributed by atoms with Gasteiger partial charge in [-0.15, -0.1) is 0 Å². The molecule has 2 aromatic rings. The maximum absolute atomic E-state index is 13.2. The average molecular weight is 491 g/mol. The number of benzene rings is 2. The molecule has 0 radical (unpaired) electrons. The zero-order valence-electron chi connectivity index (χ0n) is 19.6. The number of hydrogen-bond acceptors (Lipinski definition) is 7. The molecule has 0 aromatic heterocycles. The predicted octanol–water partition coefficient (Wildman–Crippen LogP) is 2.76. The van der Waals surface area contributed by atoms with E-state index in [-0.39, 0.29) is 36.0 Å². The van der Waals surface area contributed by atoms with Gasteiger partial charge in [0.2, 0.25) is 0 Å². The molecule has 1 unspecified atom stereocenters. The molecule has 1 atom stereocenters. The lowest BCUT2D eigenvalue weighted by Gasteiger charge is -2.28. The Balaban J connectivity index is 1.66. The summed E-state index contributed by atoms with van der Waals surface area (Å²) in [7, 11) is -0.109. The van der Waals surface area contributed by atoms with Crippen LogP contribution in [-0.4, -0.2) is 70.1 Å². The van der Waals surface area contributed by atoms with Crippen molar-refractivity contribution in [1.29, 1.82) is 0 Å². The highest BCUT2D eigenvalue weighted by Crippen LogP contribution is 2.30. The fourth-order valence-corrected chi connectivity index (χ4v) is 5.54. The number of nitrogens with one attached hydrogen (secondary N) is 1. The van der Waals surface area contributed by atoms with Crippen molar-refractivity contribution < 1.29 is 32.2 Å². The summed E-state index contributed by atoms with van der Waals surface area (Å²) in [4.78, 5) is 27.1. The van der Waals surface area contributed by atoms with Gasteiger partial charge in [-0.2, -0.15) is 0 Å². The quantitative estimate of drug-likeness (QED) is 0.545. The van der Waals surface area contributed by atoms with Gasteiger partial charge in [0.15, 0.2) is 27.9 Å². The third-order valence-electron chi connectivity index (χ3n) is 5.52. The minimum Gasteiger partial charge on any atom is -0.497 e. The minimum atomic E-state index is -3.12. The van der Waals surface area contributed by atoms with E-state index in [2.05, 4.69) is 5.32 Å². The van der Waals surface area contributed by atoms with Crippen LogP contribution >= 0.6 is 0 Å². The zero-order chi connectivity index (χ0) is 24.7. The third kappa shape index (κ3) is 6.40. The molecule has 9 nitrogen and oxygen atoms in total. The molecule has 34 heavy (non-hydrogen) atoms. The monoisotopic (exact) mass is 490 g/mol. The van der Waals surface area contributed by atoms with E-state index in [9.17, 15) is 18.0 Å². The molecule has 0 spiro atoms. The number of amides is 2. The first-order valence-electron chi connectivity index (χ1n) is 11.0. The van der Waals surface area contributed by atoms with Crippen LogP contribution in [0.1, 0.15) is 30.1 Å². The number of hydrogen-bond donors (Lipinski definition) is 1. The lowest BCUT2D eigenvalue weighted by molar-refractivity contribution is -0.118. The number of methoxy groups -OCH3 is 2. The van der Waals surface area contributed by atoms with Crippen molar-refractivity contribution in [1.82, 2.24) is 4.90 Å². The Morgan fingerprint density at radius 3 is 2.38 bits per heavy atom. The van der Waals surface area contributed by atoms with Gasteiger partial charge < -0.3 is 24.4 Å². The molecule has 1 N–H and O–H groups in total. The fourth-order valence-electron chi connectivity index (χ4n) is 3.81. The molecule has 3 rings (SSSR count). The summed E-state index contributed by atoms with van der Waals surface area (Å²) in [5, 5.41) is 2.73. The maximum Gasteiger partial charge on any atom is 0.262 e. The summed E-state index contributed by atoms with van der Waals surface area (Å²) < 4.78 is 39.9. The number of sulfone groups is 1. The second-order valence-electron chi connectivity index (χ2n) is 7.99. The lowest BCUT2D eigenvalue weighted by Crippen LogP contribution is -2.41. The van der Waals surface area contributed by atoms with E-state index in [1.807, 2.05) is 6.92 Å². The van der Waals surface area contributed by atoms with E-state index < -0.39 is 9.84 Å². The molecule has 1 aliphatic heterocycles. The van der Waals surface area contributed by atoms with Crippen molar-refractivity contribution in [3.8, 4) is 17.2 Å². The summed E-state index contributed by atoms with van der Waals surface area (Å²) >= 11 is 0. The van der Waals surface area contributed by atoms with Crippen molar-refractivity contribution in [2.45, 2.75) is 25.8 Å². The SMILES string of the molecule is CCCN(C(=O)c1ccc(OCC(=O)Nc2ccc(OC)cc2)c(OC)c1)C1CCS(=O)(=O)C1. The van der Waals surface area contributed by atoms with Gasteiger partial charge in [0.1, 0.15) is 5.75 Å². The highest BCUT2D eigenvalue weighted by atomic mass is 32.2. The Morgan fingerprint density at radius 2 is 1.79 bits per heavy atom. The predicted molar refractivity (Wildman–Crippen MR) is 128 cm³/mol.